The summed E-state index contributed by atoms with van der Waals surface area (Å²) in [4.78, 5) is 74.1. The maximum absolute atomic E-state index is 12.5. The lowest BCUT2D eigenvalue weighted by Crippen LogP contribution is -2.57. The van der Waals surface area contributed by atoms with Gasteiger partial charge in [-0.15, -0.1) is 0 Å². The molecule has 0 rings (SSSR count). The van der Waals surface area contributed by atoms with Gasteiger partial charge in [-0.2, -0.15) is 0 Å². The van der Waals surface area contributed by atoms with Crippen LogP contribution in [0.2, 0.25) is 0 Å². The standard InChI is InChI=1S/C17H31N9O7/c1-7(24-14(30)8(18)5-11(19)27)13(29)26-10(6-12(20)28)15(31)25-9(16(32)33)3-2-4-23-17(21)22/h7-10H,2-6,18H2,1H3,(H2,19,27)(H2,20,28)(H,24,30)(H,25,31)(H,26,29)(H,32,33)(H4,21,22,23). The van der Waals surface area contributed by atoms with Gasteiger partial charge in [-0.3, -0.25) is 29.0 Å². The number of rotatable bonds is 15. The fraction of sp³-hybridized carbons (Fsp3) is 0.588. The van der Waals surface area contributed by atoms with Crippen LogP contribution in [0.25, 0.3) is 0 Å². The SMILES string of the molecule is CC(NC(=O)C(N)CC(N)=O)C(=O)NC(CC(N)=O)C(=O)NC(CCCN=C(N)N)C(=O)O. The number of guanidine groups is 1. The number of hydrogen-bond acceptors (Lipinski definition) is 8. The first-order chi connectivity index (χ1) is 15.2. The topological polar surface area (TPSA) is 301 Å². The molecule has 0 aromatic carbocycles. The number of carboxylic acids is 1. The second-order valence-corrected chi connectivity index (χ2v) is 7.09. The summed E-state index contributed by atoms with van der Waals surface area (Å²) in [6.07, 6.45) is -0.914. The smallest absolute Gasteiger partial charge is 0.326 e. The molecule has 0 fully saturated rings. The van der Waals surface area contributed by atoms with Crippen LogP contribution in [0, 0.1) is 0 Å². The third-order valence-electron chi connectivity index (χ3n) is 4.11. The van der Waals surface area contributed by atoms with Crippen molar-refractivity contribution in [3.8, 4) is 0 Å². The number of nitrogens with one attached hydrogen (secondary N) is 3. The number of hydrogen-bond donors (Lipinski definition) is 9. The first kappa shape index (κ1) is 29.1. The fourth-order valence-electron chi connectivity index (χ4n) is 2.44. The summed E-state index contributed by atoms with van der Waals surface area (Å²) in [7, 11) is 0. The molecule has 14 N–H and O–H groups in total. The highest BCUT2D eigenvalue weighted by atomic mass is 16.4. The van der Waals surface area contributed by atoms with Gasteiger partial charge in [0.15, 0.2) is 5.96 Å². The van der Waals surface area contributed by atoms with Gasteiger partial charge in [-0.25, -0.2) is 4.79 Å². The Kier molecular flexibility index (Phi) is 12.5. The minimum atomic E-state index is -1.52. The fourth-order valence-corrected chi connectivity index (χ4v) is 2.44. The third kappa shape index (κ3) is 12.5. The molecule has 16 heteroatoms. The maximum atomic E-state index is 12.5. The largest absolute Gasteiger partial charge is 0.480 e. The van der Waals surface area contributed by atoms with Crippen LogP contribution in [0.5, 0.6) is 0 Å². The van der Waals surface area contributed by atoms with Gasteiger partial charge in [-0.05, 0) is 19.8 Å². The van der Waals surface area contributed by atoms with Crippen molar-refractivity contribution in [3.63, 3.8) is 0 Å². The van der Waals surface area contributed by atoms with E-state index in [0.717, 1.165) is 0 Å². The molecule has 4 unspecified atom stereocenters. The third-order valence-corrected chi connectivity index (χ3v) is 4.11. The summed E-state index contributed by atoms with van der Waals surface area (Å²) < 4.78 is 0. The summed E-state index contributed by atoms with van der Waals surface area (Å²) in [6, 6.07) is -5.40. The van der Waals surface area contributed by atoms with Gasteiger partial charge in [0.2, 0.25) is 29.5 Å². The van der Waals surface area contributed by atoms with Crippen LogP contribution < -0.4 is 44.6 Å². The molecule has 0 heterocycles. The number of aliphatic carboxylic acids is 1. The summed E-state index contributed by atoms with van der Waals surface area (Å²) >= 11 is 0. The zero-order valence-electron chi connectivity index (χ0n) is 18.1. The van der Waals surface area contributed by atoms with Crippen molar-refractivity contribution >= 4 is 41.5 Å². The van der Waals surface area contributed by atoms with Crippen molar-refractivity contribution in [1.82, 2.24) is 16.0 Å². The van der Waals surface area contributed by atoms with Gasteiger partial charge < -0.3 is 49.7 Å². The van der Waals surface area contributed by atoms with E-state index in [1.165, 1.54) is 6.92 Å². The minimum absolute atomic E-state index is 0.0424. The Hall–Kier alpha value is -3.95. The molecule has 16 nitrogen and oxygen atoms in total. The lowest BCUT2D eigenvalue weighted by molar-refractivity contribution is -0.142. The highest BCUT2D eigenvalue weighted by Crippen LogP contribution is 2.02. The average molecular weight is 473 g/mol. The van der Waals surface area contributed by atoms with Crippen LogP contribution in [0.15, 0.2) is 4.99 Å². The predicted molar refractivity (Wildman–Crippen MR) is 115 cm³/mol. The van der Waals surface area contributed by atoms with Crippen LogP contribution >= 0.6 is 0 Å². The Morgan fingerprint density at radius 2 is 1.36 bits per heavy atom. The zero-order chi connectivity index (χ0) is 25.7. The Balaban J connectivity index is 5.12. The van der Waals surface area contributed by atoms with Gasteiger partial charge in [0.25, 0.3) is 0 Å². The second kappa shape index (κ2) is 14.2. The molecule has 0 saturated heterocycles. The van der Waals surface area contributed by atoms with Crippen LogP contribution in [0.4, 0.5) is 0 Å². The second-order valence-electron chi connectivity index (χ2n) is 7.09. The lowest BCUT2D eigenvalue weighted by atomic mass is 10.1. The van der Waals surface area contributed by atoms with Gasteiger partial charge in [0.1, 0.15) is 18.1 Å². The van der Waals surface area contributed by atoms with Crippen molar-refractivity contribution in [3.05, 3.63) is 0 Å². The number of nitrogens with zero attached hydrogens (tertiary/aromatic N) is 1. The van der Waals surface area contributed by atoms with Crippen molar-refractivity contribution in [2.75, 3.05) is 6.54 Å². The van der Waals surface area contributed by atoms with Crippen LogP contribution in [0.1, 0.15) is 32.6 Å². The summed E-state index contributed by atoms with van der Waals surface area (Å²) in [5, 5.41) is 15.9. The van der Waals surface area contributed by atoms with E-state index < -0.39 is 72.5 Å². The van der Waals surface area contributed by atoms with Gasteiger partial charge >= 0.3 is 5.97 Å². The van der Waals surface area contributed by atoms with Gasteiger partial charge in [-0.1, -0.05) is 0 Å². The van der Waals surface area contributed by atoms with Crippen LogP contribution in [0.3, 0.4) is 0 Å². The molecular weight excluding hydrogens is 442 g/mol. The molecule has 0 aliphatic rings. The van der Waals surface area contributed by atoms with Gasteiger partial charge in [0, 0.05) is 6.54 Å². The van der Waals surface area contributed by atoms with E-state index in [9.17, 15) is 33.9 Å². The van der Waals surface area contributed by atoms with Crippen LogP contribution in [-0.4, -0.2) is 77.3 Å². The summed E-state index contributed by atoms with van der Waals surface area (Å²) in [6.45, 7) is 1.38. The Morgan fingerprint density at radius 1 is 0.818 bits per heavy atom. The van der Waals surface area contributed by atoms with E-state index in [1.54, 1.807) is 0 Å². The number of nitrogens with two attached hydrogens (primary N) is 5. The molecule has 0 saturated carbocycles. The molecule has 0 radical (unpaired) electrons. The Labute approximate surface area is 189 Å². The first-order valence-corrected chi connectivity index (χ1v) is 9.76. The highest BCUT2D eigenvalue weighted by molar-refractivity contribution is 5.96. The number of primary amides is 2. The van der Waals surface area contributed by atoms with E-state index in [1.807, 2.05) is 0 Å². The lowest BCUT2D eigenvalue weighted by Gasteiger charge is -2.23. The van der Waals surface area contributed by atoms with Crippen molar-refractivity contribution < 1.29 is 33.9 Å². The summed E-state index contributed by atoms with van der Waals surface area (Å²) in [5.74, 6) is -6.03. The molecular formula is C17H31N9O7. The number of amides is 5. The maximum Gasteiger partial charge on any atom is 0.326 e. The molecule has 5 amide bonds. The van der Waals surface area contributed by atoms with E-state index in [2.05, 4.69) is 20.9 Å². The molecule has 0 aliphatic carbocycles. The van der Waals surface area contributed by atoms with Crippen LogP contribution in [-0.2, 0) is 28.8 Å². The average Bonchev–Trinajstić information content (AvgIpc) is 2.67. The Bertz CT molecular complexity index is 783. The highest BCUT2D eigenvalue weighted by Gasteiger charge is 2.29. The quantitative estimate of drug-likeness (QED) is 0.0617. The first-order valence-electron chi connectivity index (χ1n) is 9.76. The number of carboxylic acid groups (broad SMARTS) is 1. The van der Waals surface area contributed by atoms with Crippen molar-refractivity contribution in [2.24, 2.45) is 33.7 Å². The molecule has 0 aliphatic heterocycles. The van der Waals surface area contributed by atoms with Crippen molar-refractivity contribution in [2.45, 2.75) is 56.8 Å². The molecule has 186 valence electrons. The normalized spacial score (nSPS) is 14.0. The molecule has 4 atom stereocenters. The molecule has 0 bridgehead atoms. The summed E-state index contributed by atoms with van der Waals surface area (Å²) in [5.41, 5.74) is 25.9. The molecule has 0 aromatic heterocycles. The van der Waals surface area contributed by atoms with Gasteiger partial charge in [0.05, 0.1) is 18.9 Å². The van der Waals surface area contributed by atoms with E-state index >= 15 is 0 Å². The molecule has 0 aromatic rings. The van der Waals surface area contributed by atoms with E-state index in [-0.39, 0.29) is 25.3 Å². The number of aliphatic imine (C=N–C) groups is 1. The Morgan fingerprint density at radius 3 is 1.85 bits per heavy atom. The zero-order valence-corrected chi connectivity index (χ0v) is 18.1. The van der Waals surface area contributed by atoms with E-state index in [0.29, 0.717) is 0 Å². The number of carbonyl (C=O) groups is 6. The molecule has 0 spiro atoms. The number of carbonyl (C=O) groups excluding carboxylic acids is 5. The minimum Gasteiger partial charge on any atom is -0.480 e. The molecule has 33 heavy (non-hydrogen) atoms. The predicted octanol–water partition coefficient (Wildman–Crippen LogP) is -5.32. The van der Waals surface area contributed by atoms with Crippen molar-refractivity contribution in [1.29, 1.82) is 0 Å². The van der Waals surface area contributed by atoms with E-state index in [4.69, 9.17) is 28.7 Å². The monoisotopic (exact) mass is 473 g/mol.